The maximum absolute atomic E-state index is 7.77. The van der Waals surface area contributed by atoms with E-state index in [9.17, 15) is 0 Å². The molecular weight excluding hydrogens is 485 g/mol. The largest absolute Gasteiger partial charge is 0.402 e. The molecule has 0 saturated carbocycles. The number of hydrogen-bond acceptors (Lipinski definition) is 1. The highest BCUT2D eigenvalue weighted by molar-refractivity contribution is 7.78. The molecule has 4 aromatic rings. The van der Waals surface area contributed by atoms with E-state index in [1.54, 1.807) is 0 Å². The third kappa shape index (κ3) is 3.51. The first kappa shape index (κ1) is 24.7. The van der Waals surface area contributed by atoms with Crippen LogP contribution in [0.5, 0.6) is 0 Å². The van der Waals surface area contributed by atoms with Gasteiger partial charge in [-0.15, -0.1) is 18.9 Å². The van der Waals surface area contributed by atoms with Crippen molar-refractivity contribution < 1.29 is 4.43 Å². The minimum absolute atomic E-state index is 0.535. The molecule has 2 unspecified atom stereocenters. The van der Waals surface area contributed by atoms with Crippen LogP contribution in [0.25, 0.3) is 0 Å². The number of rotatable bonds is 6. The molecule has 1 aliphatic rings. The second-order valence-corrected chi connectivity index (χ2v) is 31.7. The van der Waals surface area contributed by atoms with E-state index in [-0.39, 0.29) is 0 Å². The van der Waals surface area contributed by atoms with Gasteiger partial charge in [-0.05, 0) is 23.7 Å². The third-order valence-corrected chi connectivity index (χ3v) is 42.4. The van der Waals surface area contributed by atoms with Gasteiger partial charge in [-0.3, -0.25) is 0 Å². The second-order valence-electron chi connectivity index (χ2n) is 10.3. The van der Waals surface area contributed by atoms with Crippen molar-refractivity contribution in [2.45, 2.75) is 24.7 Å². The van der Waals surface area contributed by atoms with Crippen LogP contribution in [0.4, 0.5) is 0 Å². The SMILES string of the molecule is C=C[Si]1(C)CC(c2ccccc2)(c2ccccc2)O[Si](C)(C=C)[Si]1(c1ccccc1)c1ccccc1. The lowest BCUT2D eigenvalue weighted by Gasteiger charge is -2.62. The molecule has 36 heavy (non-hydrogen) atoms. The Morgan fingerprint density at radius 3 is 1.36 bits per heavy atom. The summed E-state index contributed by atoms with van der Waals surface area (Å²) in [5.41, 5.74) is 6.54. The first-order chi connectivity index (χ1) is 17.5. The molecule has 4 aromatic carbocycles. The zero-order valence-corrected chi connectivity index (χ0v) is 24.2. The number of hydrogen-bond donors (Lipinski definition) is 0. The molecular formula is C32H34OSi3. The summed E-state index contributed by atoms with van der Waals surface area (Å²) in [6.07, 6.45) is 0. The molecule has 0 aromatic heterocycles. The molecule has 0 spiro atoms. The summed E-state index contributed by atoms with van der Waals surface area (Å²) in [6, 6.07) is 45.0. The van der Waals surface area contributed by atoms with Crippen molar-refractivity contribution in [3.63, 3.8) is 0 Å². The second kappa shape index (κ2) is 9.45. The molecule has 1 fully saturated rings. The van der Waals surface area contributed by atoms with E-state index in [4.69, 9.17) is 4.43 Å². The van der Waals surface area contributed by atoms with Gasteiger partial charge in [0.2, 0.25) is 7.83 Å². The van der Waals surface area contributed by atoms with E-state index in [1.807, 2.05) is 0 Å². The highest BCUT2D eigenvalue weighted by Crippen LogP contribution is 2.52. The summed E-state index contributed by atoms with van der Waals surface area (Å²) >= 11 is 0. The highest BCUT2D eigenvalue weighted by Gasteiger charge is 2.71. The summed E-state index contributed by atoms with van der Waals surface area (Å²) in [6.45, 7) is 14.1. The Morgan fingerprint density at radius 1 is 0.611 bits per heavy atom. The molecule has 1 aliphatic heterocycles. The number of benzene rings is 4. The average molecular weight is 519 g/mol. The lowest BCUT2D eigenvalue weighted by molar-refractivity contribution is 0.126. The maximum Gasteiger partial charge on any atom is 0.209 e. The van der Waals surface area contributed by atoms with Crippen LogP contribution in [-0.2, 0) is 10.0 Å². The Balaban J connectivity index is 1.89. The molecule has 2 atom stereocenters. The fraction of sp³-hybridized carbons (Fsp3) is 0.125. The van der Waals surface area contributed by atoms with Crippen molar-refractivity contribution in [3.05, 3.63) is 157 Å². The molecule has 1 nitrogen and oxygen atoms in total. The zero-order valence-electron chi connectivity index (χ0n) is 21.2. The van der Waals surface area contributed by atoms with E-state index in [0.29, 0.717) is 0 Å². The first-order valence-corrected chi connectivity index (χ1v) is 21.9. The van der Waals surface area contributed by atoms with Crippen LogP contribution in [-0.4, -0.2) is 22.5 Å². The summed E-state index contributed by atoms with van der Waals surface area (Å²) in [5, 5.41) is 2.91. The summed E-state index contributed by atoms with van der Waals surface area (Å²) in [4.78, 5) is 0. The van der Waals surface area contributed by atoms with Gasteiger partial charge in [-0.1, -0.05) is 144 Å². The average Bonchev–Trinajstić information content (AvgIpc) is 2.95. The minimum atomic E-state index is -2.64. The van der Waals surface area contributed by atoms with E-state index in [2.05, 4.69) is 159 Å². The van der Waals surface area contributed by atoms with Gasteiger partial charge >= 0.3 is 0 Å². The van der Waals surface area contributed by atoms with Gasteiger partial charge in [0.1, 0.15) is 12.7 Å². The summed E-state index contributed by atoms with van der Waals surface area (Å²) < 4.78 is 7.77. The first-order valence-electron chi connectivity index (χ1n) is 12.7. The van der Waals surface area contributed by atoms with Gasteiger partial charge in [-0.2, -0.15) is 0 Å². The lowest BCUT2D eigenvalue weighted by Crippen LogP contribution is -2.91. The topological polar surface area (TPSA) is 9.23 Å². The molecule has 5 rings (SSSR count). The molecule has 180 valence electrons. The van der Waals surface area contributed by atoms with Crippen LogP contribution in [0, 0.1) is 0 Å². The van der Waals surface area contributed by atoms with Gasteiger partial charge in [0.05, 0.1) is 7.59 Å². The van der Waals surface area contributed by atoms with Crippen molar-refractivity contribution >= 4 is 32.9 Å². The van der Waals surface area contributed by atoms with Crippen molar-refractivity contribution in [2.24, 2.45) is 0 Å². The van der Waals surface area contributed by atoms with Crippen LogP contribution in [0.3, 0.4) is 0 Å². The standard InChI is InChI=1S/C32H34OSi3/c1-5-34(3)27-32(28-19-11-7-12-20-28,29-21-13-8-14-22-29)33-35(4,6-2)36(34,30-23-15-9-16-24-30)31-25-17-10-18-26-31/h5-26H,1-2,27H2,3-4H3. The molecule has 0 N–H and O–H groups in total. The van der Waals surface area contributed by atoms with E-state index in [0.717, 1.165) is 6.04 Å². The molecule has 0 bridgehead atoms. The molecule has 0 aliphatic carbocycles. The van der Waals surface area contributed by atoms with Crippen LogP contribution < -0.4 is 10.4 Å². The Kier molecular flexibility index (Phi) is 6.47. The Bertz CT molecular complexity index is 1230. The van der Waals surface area contributed by atoms with Crippen molar-refractivity contribution in [1.82, 2.24) is 0 Å². The van der Waals surface area contributed by atoms with Crippen molar-refractivity contribution in [3.8, 4) is 0 Å². The fourth-order valence-corrected chi connectivity index (χ4v) is 46.5. The van der Waals surface area contributed by atoms with Crippen molar-refractivity contribution in [1.29, 1.82) is 0 Å². The molecule has 0 amide bonds. The van der Waals surface area contributed by atoms with Gasteiger partial charge in [0.25, 0.3) is 0 Å². The van der Waals surface area contributed by atoms with Gasteiger partial charge in [0.15, 0.2) is 0 Å². The normalized spacial score (nSPS) is 24.5. The van der Waals surface area contributed by atoms with Crippen LogP contribution in [0.15, 0.2) is 146 Å². The van der Waals surface area contributed by atoms with Crippen molar-refractivity contribution in [2.75, 3.05) is 0 Å². The summed E-state index contributed by atoms with van der Waals surface area (Å²) in [5.74, 6) is 0. The summed E-state index contributed by atoms with van der Waals surface area (Å²) in [7, 11) is -7.37. The Labute approximate surface area is 218 Å². The van der Waals surface area contributed by atoms with E-state index < -0.39 is 28.1 Å². The Morgan fingerprint density at radius 2 is 1.00 bits per heavy atom. The van der Waals surface area contributed by atoms with Gasteiger partial charge < -0.3 is 4.43 Å². The van der Waals surface area contributed by atoms with E-state index >= 15 is 0 Å². The van der Waals surface area contributed by atoms with Gasteiger partial charge in [-0.25, -0.2) is 0 Å². The Hall–Kier alpha value is -3.03. The quantitative estimate of drug-likeness (QED) is 0.265. The van der Waals surface area contributed by atoms with E-state index in [1.165, 1.54) is 21.5 Å². The minimum Gasteiger partial charge on any atom is -0.402 e. The zero-order chi connectivity index (χ0) is 25.3. The third-order valence-electron chi connectivity index (χ3n) is 8.34. The van der Waals surface area contributed by atoms with Gasteiger partial charge in [0, 0.05) is 0 Å². The lowest BCUT2D eigenvalue weighted by atomic mass is 9.88. The molecule has 1 heterocycles. The highest BCUT2D eigenvalue weighted by atomic mass is 29.6. The van der Waals surface area contributed by atoms with Crippen LogP contribution >= 0.6 is 0 Å². The van der Waals surface area contributed by atoms with Crippen LogP contribution in [0.2, 0.25) is 19.1 Å². The van der Waals surface area contributed by atoms with Crippen LogP contribution in [0.1, 0.15) is 11.1 Å². The fourth-order valence-electron chi connectivity index (χ4n) is 6.79. The predicted molar refractivity (Wildman–Crippen MR) is 161 cm³/mol. The monoisotopic (exact) mass is 518 g/mol. The molecule has 4 heteroatoms. The smallest absolute Gasteiger partial charge is 0.209 e. The molecule has 0 radical (unpaired) electrons. The maximum atomic E-state index is 7.77. The molecule has 1 saturated heterocycles. The predicted octanol–water partition coefficient (Wildman–Crippen LogP) is 6.48.